The first-order valence-corrected chi connectivity index (χ1v) is 14.6. The molecular weight excluding hydrogens is 568 g/mol. The Bertz CT molecular complexity index is 1950. The molecular formula is C36H32N4O5. The van der Waals surface area contributed by atoms with Gasteiger partial charge in [-0.25, -0.2) is 4.79 Å². The van der Waals surface area contributed by atoms with Crippen molar-refractivity contribution in [2.24, 2.45) is 11.7 Å². The molecule has 1 aliphatic rings. The number of benzene rings is 4. The summed E-state index contributed by atoms with van der Waals surface area (Å²) < 4.78 is 22.9. The largest absolute Gasteiger partial charge is 0.496 e. The van der Waals surface area contributed by atoms with Gasteiger partial charge in [0.2, 0.25) is 11.8 Å². The van der Waals surface area contributed by atoms with Crippen LogP contribution in [0.3, 0.4) is 0 Å². The number of carbonyl (C=O) groups is 1. The molecule has 0 amide bonds. The Hall–Kier alpha value is -5.75. The molecule has 9 heteroatoms. The predicted octanol–water partition coefficient (Wildman–Crippen LogP) is 6.85. The van der Waals surface area contributed by atoms with Gasteiger partial charge >= 0.3 is 5.97 Å². The monoisotopic (exact) mass is 600 g/mol. The molecule has 1 aliphatic heterocycles. The average Bonchev–Trinajstić information content (AvgIpc) is 3.48. The van der Waals surface area contributed by atoms with Crippen LogP contribution in [0.25, 0.3) is 22.0 Å². The van der Waals surface area contributed by atoms with Crippen molar-refractivity contribution >= 4 is 16.7 Å². The summed E-state index contributed by atoms with van der Waals surface area (Å²) in [5.74, 6) is 0.851. The number of H-pyrrole nitrogens is 1. The summed E-state index contributed by atoms with van der Waals surface area (Å²) in [6.07, 6.45) is 0. The Balaban J connectivity index is 1.32. The smallest absolute Gasteiger partial charge is 0.338 e. The van der Waals surface area contributed by atoms with Gasteiger partial charge in [-0.2, -0.15) is 5.26 Å². The number of nitrogens with two attached hydrogens (primary N) is 1. The van der Waals surface area contributed by atoms with Crippen molar-refractivity contribution < 1.29 is 23.7 Å². The van der Waals surface area contributed by atoms with Gasteiger partial charge in [0.25, 0.3) is 0 Å². The number of ether oxygens (including phenoxy) is 4. The van der Waals surface area contributed by atoms with Crippen molar-refractivity contribution in [1.82, 2.24) is 10.2 Å². The molecule has 0 saturated heterocycles. The molecule has 6 rings (SSSR count). The van der Waals surface area contributed by atoms with Crippen molar-refractivity contribution in [2.45, 2.75) is 26.4 Å². The first-order valence-electron chi connectivity index (χ1n) is 14.6. The summed E-state index contributed by atoms with van der Waals surface area (Å²) in [7, 11) is 1.59. The van der Waals surface area contributed by atoms with Gasteiger partial charge in [-0.1, -0.05) is 56.3 Å². The molecule has 4 aromatic carbocycles. The molecule has 5 aromatic rings. The Kier molecular flexibility index (Phi) is 8.12. The highest BCUT2D eigenvalue weighted by molar-refractivity contribution is 5.89. The summed E-state index contributed by atoms with van der Waals surface area (Å²) in [6.45, 7) is 4.51. The number of nitriles is 1. The fourth-order valence-corrected chi connectivity index (χ4v) is 5.41. The van der Waals surface area contributed by atoms with Crippen LogP contribution in [0.4, 0.5) is 0 Å². The maximum absolute atomic E-state index is 12.3. The van der Waals surface area contributed by atoms with E-state index < -0.39 is 5.92 Å². The molecule has 0 unspecified atom stereocenters. The molecule has 226 valence electrons. The topological polar surface area (TPSA) is 132 Å². The molecule has 0 saturated carbocycles. The van der Waals surface area contributed by atoms with Gasteiger partial charge < -0.3 is 24.7 Å². The molecule has 0 radical (unpaired) electrons. The van der Waals surface area contributed by atoms with Crippen LogP contribution in [0, 0.1) is 17.2 Å². The zero-order valence-corrected chi connectivity index (χ0v) is 25.2. The van der Waals surface area contributed by atoms with Crippen molar-refractivity contribution in [1.29, 1.82) is 5.26 Å². The number of esters is 1. The van der Waals surface area contributed by atoms with Crippen LogP contribution >= 0.6 is 0 Å². The average molecular weight is 601 g/mol. The normalized spacial score (nSPS) is 14.1. The lowest BCUT2D eigenvalue weighted by atomic mass is 9.82. The Morgan fingerprint density at radius 3 is 2.56 bits per heavy atom. The third kappa shape index (κ3) is 5.91. The molecule has 0 bridgehead atoms. The highest BCUT2D eigenvalue weighted by atomic mass is 16.5. The van der Waals surface area contributed by atoms with Gasteiger partial charge in [0.05, 0.1) is 36.5 Å². The van der Waals surface area contributed by atoms with Crippen LogP contribution in [0.1, 0.15) is 46.8 Å². The van der Waals surface area contributed by atoms with E-state index in [9.17, 15) is 10.1 Å². The first-order chi connectivity index (χ1) is 21.9. The van der Waals surface area contributed by atoms with Gasteiger partial charge in [-0.05, 0) is 64.7 Å². The number of fused-ring (bicyclic) bond motifs is 2. The Morgan fingerprint density at radius 1 is 1.04 bits per heavy atom. The van der Waals surface area contributed by atoms with E-state index in [1.54, 1.807) is 31.4 Å². The van der Waals surface area contributed by atoms with Gasteiger partial charge in [-0.3, -0.25) is 5.10 Å². The zero-order valence-electron chi connectivity index (χ0n) is 25.2. The van der Waals surface area contributed by atoms with E-state index in [1.165, 1.54) is 0 Å². The highest BCUT2D eigenvalue weighted by Crippen LogP contribution is 2.46. The number of nitrogens with one attached hydrogen (secondary N) is 1. The van der Waals surface area contributed by atoms with Crippen LogP contribution in [0.2, 0.25) is 0 Å². The quantitative estimate of drug-likeness (QED) is 0.176. The molecule has 0 aliphatic carbocycles. The third-order valence-corrected chi connectivity index (χ3v) is 7.65. The second-order valence-electron chi connectivity index (χ2n) is 11.2. The Labute approximate surface area is 260 Å². The van der Waals surface area contributed by atoms with Gasteiger partial charge in [-0.15, -0.1) is 5.10 Å². The van der Waals surface area contributed by atoms with Crippen molar-refractivity contribution in [2.75, 3.05) is 13.7 Å². The lowest BCUT2D eigenvalue weighted by Gasteiger charge is -2.25. The Morgan fingerprint density at radius 2 is 1.82 bits per heavy atom. The van der Waals surface area contributed by atoms with Crippen molar-refractivity contribution in [3.8, 4) is 34.7 Å². The minimum Gasteiger partial charge on any atom is -0.496 e. The fourth-order valence-electron chi connectivity index (χ4n) is 5.41. The summed E-state index contributed by atoms with van der Waals surface area (Å²) in [6, 6.07) is 29.0. The van der Waals surface area contributed by atoms with Crippen LogP contribution in [-0.2, 0) is 11.3 Å². The first kappa shape index (κ1) is 29.3. The van der Waals surface area contributed by atoms with Crippen molar-refractivity contribution in [3.63, 3.8) is 0 Å². The van der Waals surface area contributed by atoms with E-state index in [-0.39, 0.29) is 30.0 Å². The van der Waals surface area contributed by atoms with Gasteiger partial charge in [0.1, 0.15) is 29.7 Å². The maximum Gasteiger partial charge on any atom is 0.338 e. The minimum atomic E-state index is -0.556. The van der Waals surface area contributed by atoms with E-state index in [0.29, 0.717) is 35.1 Å². The maximum atomic E-state index is 12.3. The molecule has 9 nitrogen and oxygen atoms in total. The molecule has 45 heavy (non-hydrogen) atoms. The van der Waals surface area contributed by atoms with Gasteiger partial charge in [0.15, 0.2) is 0 Å². The summed E-state index contributed by atoms with van der Waals surface area (Å²) in [4.78, 5) is 12.3. The number of hydrogen-bond donors (Lipinski definition) is 2. The molecule has 1 aromatic heterocycles. The third-order valence-electron chi connectivity index (χ3n) is 7.65. The van der Waals surface area contributed by atoms with E-state index in [4.69, 9.17) is 24.7 Å². The molecule has 0 fully saturated rings. The number of methoxy groups -OCH3 is 1. The highest BCUT2D eigenvalue weighted by Gasteiger charge is 2.36. The van der Waals surface area contributed by atoms with E-state index in [2.05, 4.69) is 40.5 Å². The number of rotatable bonds is 9. The predicted molar refractivity (Wildman–Crippen MR) is 170 cm³/mol. The molecule has 1 atom stereocenters. The zero-order chi connectivity index (χ0) is 31.5. The van der Waals surface area contributed by atoms with Crippen molar-refractivity contribution in [3.05, 3.63) is 119 Å². The fraction of sp³-hybridized carbons (Fsp3) is 0.194. The second-order valence-corrected chi connectivity index (χ2v) is 11.2. The minimum absolute atomic E-state index is 0.00666. The summed E-state index contributed by atoms with van der Waals surface area (Å²) in [5.41, 5.74) is 10.9. The van der Waals surface area contributed by atoms with E-state index >= 15 is 0 Å². The number of hydrogen-bond acceptors (Lipinski definition) is 8. The number of allylic oxidation sites excluding steroid dienone is 1. The molecule has 3 N–H and O–H groups in total. The number of aromatic nitrogens is 2. The standard InChI is InChI=1S/C36H32N4O5/c1-21(2)19-44-36(41)23-10-13-28(14-11-23)43-20-27-17-25(12-15-30(27)42-3)31-29(18-37)34(38)45-35-32(31)33(39-40-35)26-9-8-22-6-4-5-7-24(22)16-26/h4-17,21,31H,19-20,38H2,1-3H3,(H,39,40)/t31-/m1/s1. The number of aromatic amines is 1. The number of carbonyl (C=O) groups excluding carboxylic acids is 1. The van der Waals surface area contributed by atoms with Crippen LogP contribution in [-0.4, -0.2) is 29.9 Å². The lowest BCUT2D eigenvalue weighted by molar-refractivity contribution is 0.0459. The van der Waals surface area contributed by atoms with E-state index in [0.717, 1.165) is 33.2 Å². The van der Waals surface area contributed by atoms with Gasteiger partial charge in [0, 0.05) is 11.1 Å². The van der Waals surface area contributed by atoms with E-state index in [1.807, 2.05) is 50.2 Å². The van der Waals surface area contributed by atoms with Crippen LogP contribution in [0.5, 0.6) is 17.4 Å². The van der Waals surface area contributed by atoms with Crippen LogP contribution in [0.15, 0.2) is 96.4 Å². The lowest BCUT2D eigenvalue weighted by Crippen LogP contribution is -2.21. The summed E-state index contributed by atoms with van der Waals surface area (Å²) in [5, 5.41) is 20.0. The molecule has 0 spiro atoms. The van der Waals surface area contributed by atoms with Crippen LogP contribution < -0.4 is 19.9 Å². The SMILES string of the molecule is COc1ccc([C@@H]2C(C#N)=C(N)Oc3n[nH]c(-c4ccc5ccccc5c4)c32)cc1COc1ccc(C(=O)OCC(C)C)cc1. The molecule has 2 heterocycles. The second kappa shape index (κ2) is 12.5. The summed E-state index contributed by atoms with van der Waals surface area (Å²) >= 11 is 0. The number of nitrogens with zero attached hydrogens (tertiary/aromatic N) is 2.